The van der Waals surface area contributed by atoms with E-state index >= 15 is 0 Å². The van der Waals surface area contributed by atoms with Crippen LogP contribution in [0.2, 0.25) is 0 Å². The van der Waals surface area contributed by atoms with Crippen LogP contribution >= 0.6 is 0 Å². The van der Waals surface area contributed by atoms with Crippen molar-refractivity contribution in [1.29, 1.82) is 5.26 Å². The average molecular weight is 391 g/mol. The molecule has 0 saturated heterocycles. The van der Waals surface area contributed by atoms with Gasteiger partial charge in [-0.05, 0) is 43.3 Å². The number of hydrogen-bond donors (Lipinski definition) is 3. The van der Waals surface area contributed by atoms with Crippen LogP contribution in [0.3, 0.4) is 0 Å². The number of hydrogen-bond acceptors (Lipinski definition) is 3. The molecule has 0 spiro atoms. The second-order valence-corrected chi connectivity index (χ2v) is 6.19. The molecule has 3 N–H and O–H groups in total. The maximum atomic E-state index is 13.6. The van der Waals surface area contributed by atoms with Gasteiger partial charge >= 0.3 is 0 Å². The number of rotatable bonds is 6. The maximum absolute atomic E-state index is 13.6. The number of likely N-dealkylation sites (N-methyl/N-ethyl adjacent to an activating group) is 1. The molecule has 1 unspecified atom stereocenters. The van der Waals surface area contributed by atoms with E-state index in [4.69, 9.17) is 5.26 Å². The quantitative estimate of drug-likeness (QED) is 0.652. The highest BCUT2D eigenvalue weighted by Gasteiger charge is 2.25. The molecule has 2 aromatic carbocycles. The number of carbonyl (C=O) groups is 2. The molecular weight excluding hydrogens is 373 g/mol. The van der Waals surface area contributed by atoms with E-state index in [2.05, 4.69) is 10.6 Å². The Morgan fingerprint density at radius 1 is 1.07 bits per heavy atom. The van der Waals surface area contributed by atoms with Crippen molar-refractivity contribution >= 4 is 23.2 Å². The van der Waals surface area contributed by atoms with Crippen molar-refractivity contribution in [1.82, 2.24) is 0 Å². The minimum atomic E-state index is -1.67. The van der Waals surface area contributed by atoms with Gasteiger partial charge in [-0.3, -0.25) is 9.59 Å². The first-order chi connectivity index (χ1) is 13.2. The van der Waals surface area contributed by atoms with Crippen LogP contribution in [0.5, 0.6) is 0 Å². The third-order valence-corrected chi connectivity index (χ3v) is 4.16. The summed E-state index contributed by atoms with van der Waals surface area (Å²) in [5.41, 5.74) is 0.471. The fourth-order valence-corrected chi connectivity index (χ4v) is 2.33. The lowest BCUT2D eigenvalue weighted by molar-refractivity contribution is -0.885. The van der Waals surface area contributed by atoms with Gasteiger partial charge < -0.3 is 15.5 Å². The van der Waals surface area contributed by atoms with Crippen molar-refractivity contribution in [2.24, 2.45) is 0 Å². The van der Waals surface area contributed by atoms with E-state index in [-0.39, 0.29) is 12.5 Å². The molecule has 2 rings (SSSR count). The minimum absolute atomic E-state index is 0.208. The van der Waals surface area contributed by atoms with E-state index < -0.39 is 35.1 Å². The van der Waals surface area contributed by atoms with Crippen molar-refractivity contribution in [3.63, 3.8) is 0 Å². The normalized spacial score (nSPS) is 12.6. The molecule has 0 aliphatic carbocycles. The Morgan fingerprint density at radius 2 is 1.71 bits per heavy atom. The van der Waals surface area contributed by atoms with Crippen molar-refractivity contribution in [2.75, 3.05) is 24.2 Å². The zero-order valence-electron chi connectivity index (χ0n) is 15.1. The van der Waals surface area contributed by atoms with Crippen LogP contribution in [0.1, 0.15) is 12.5 Å². The van der Waals surface area contributed by atoms with E-state index in [1.165, 1.54) is 0 Å². The summed E-state index contributed by atoms with van der Waals surface area (Å²) in [6.07, 6.45) is 0. The summed E-state index contributed by atoms with van der Waals surface area (Å²) in [4.78, 5) is 24.8. The Labute approximate surface area is 159 Å². The van der Waals surface area contributed by atoms with Crippen LogP contribution in [0.4, 0.5) is 24.5 Å². The number of quaternary nitrogens is 1. The number of carbonyl (C=O) groups excluding carboxylic acids is 2. The number of anilines is 2. The Hall–Kier alpha value is -3.38. The lowest BCUT2D eigenvalue weighted by atomic mass is 10.2. The number of nitrogens with one attached hydrogen (secondary N) is 3. The Balaban J connectivity index is 1.94. The smallest absolute Gasteiger partial charge is 0.282 e. The average Bonchev–Trinajstić information content (AvgIpc) is 2.68. The van der Waals surface area contributed by atoms with E-state index in [1.54, 1.807) is 38.2 Å². The summed E-state index contributed by atoms with van der Waals surface area (Å²) >= 11 is 0. The Morgan fingerprint density at radius 3 is 2.32 bits per heavy atom. The van der Waals surface area contributed by atoms with Crippen LogP contribution in [0.25, 0.3) is 0 Å². The summed E-state index contributed by atoms with van der Waals surface area (Å²) in [5.74, 6) is -5.55. The summed E-state index contributed by atoms with van der Waals surface area (Å²) in [7, 11) is 1.59. The molecule has 2 amide bonds. The molecule has 0 heterocycles. The van der Waals surface area contributed by atoms with E-state index in [0.717, 1.165) is 6.07 Å². The van der Waals surface area contributed by atoms with E-state index in [1.807, 2.05) is 6.07 Å². The molecule has 2 aromatic rings. The van der Waals surface area contributed by atoms with Gasteiger partial charge in [0.05, 0.1) is 24.4 Å². The van der Waals surface area contributed by atoms with E-state index in [0.29, 0.717) is 22.2 Å². The second kappa shape index (κ2) is 9.01. The number of halogens is 3. The van der Waals surface area contributed by atoms with Crippen LogP contribution in [0, 0.1) is 28.8 Å². The molecule has 6 nitrogen and oxygen atoms in total. The summed E-state index contributed by atoms with van der Waals surface area (Å²) in [6.45, 7) is 1.39. The highest BCUT2D eigenvalue weighted by atomic mass is 19.2. The van der Waals surface area contributed by atoms with Crippen molar-refractivity contribution in [2.45, 2.75) is 13.0 Å². The van der Waals surface area contributed by atoms with Crippen LogP contribution < -0.4 is 15.5 Å². The highest BCUT2D eigenvalue weighted by Crippen LogP contribution is 2.19. The van der Waals surface area contributed by atoms with Crippen molar-refractivity contribution < 1.29 is 27.7 Å². The lowest BCUT2D eigenvalue weighted by Gasteiger charge is -2.20. The van der Waals surface area contributed by atoms with E-state index in [9.17, 15) is 22.8 Å². The van der Waals surface area contributed by atoms with Crippen molar-refractivity contribution in [3.05, 3.63) is 59.4 Å². The number of benzene rings is 2. The van der Waals surface area contributed by atoms with Gasteiger partial charge in [0.1, 0.15) is 0 Å². The predicted molar refractivity (Wildman–Crippen MR) is 95.9 cm³/mol. The van der Waals surface area contributed by atoms with Gasteiger partial charge in [-0.15, -0.1) is 0 Å². The van der Waals surface area contributed by atoms with Gasteiger partial charge in [0.2, 0.25) is 0 Å². The lowest BCUT2D eigenvalue weighted by Crippen LogP contribution is -3.14. The molecular formula is C19H18F3N4O2+. The molecule has 0 aliphatic heterocycles. The Kier molecular flexibility index (Phi) is 6.74. The van der Waals surface area contributed by atoms with Gasteiger partial charge in [0, 0.05) is 5.69 Å². The first-order valence-corrected chi connectivity index (χ1v) is 8.29. The third kappa shape index (κ3) is 5.08. The van der Waals surface area contributed by atoms with Crippen LogP contribution in [-0.2, 0) is 9.59 Å². The summed E-state index contributed by atoms with van der Waals surface area (Å²) in [6, 6.07) is 9.22. The Bertz CT molecular complexity index is 926. The summed E-state index contributed by atoms with van der Waals surface area (Å²) in [5, 5.41) is 13.6. The third-order valence-electron chi connectivity index (χ3n) is 4.16. The standard InChI is InChI=1S/C19H17F3N4O2/c1-11(19(28)24-13-5-3-12(9-23)4-6-13)26(2)10-16(27)25-15-8-7-14(20)17(21)18(15)22/h3-8,11H,10H2,1-2H3,(H,24,28)(H,25,27)/p+1/t11-/m0/s1. The van der Waals surface area contributed by atoms with Crippen LogP contribution in [0.15, 0.2) is 36.4 Å². The van der Waals surface area contributed by atoms with Gasteiger partial charge in [-0.1, -0.05) is 0 Å². The largest absolute Gasteiger partial charge is 0.321 e. The zero-order chi connectivity index (χ0) is 20.8. The van der Waals surface area contributed by atoms with Gasteiger partial charge in [0.25, 0.3) is 11.8 Å². The highest BCUT2D eigenvalue weighted by molar-refractivity contribution is 5.94. The first-order valence-electron chi connectivity index (χ1n) is 8.29. The van der Waals surface area contributed by atoms with Crippen LogP contribution in [-0.4, -0.2) is 31.4 Å². The number of nitrogens with zero attached hydrogens (tertiary/aromatic N) is 1. The summed E-state index contributed by atoms with van der Waals surface area (Å²) < 4.78 is 39.8. The second-order valence-electron chi connectivity index (χ2n) is 6.19. The van der Waals surface area contributed by atoms with Gasteiger partial charge in [0.15, 0.2) is 30.0 Å². The topological polar surface area (TPSA) is 86.4 Å². The van der Waals surface area contributed by atoms with Crippen molar-refractivity contribution in [3.8, 4) is 6.07 Å². The van der Waals surface area contributed by atoms with Gasteiger partial charge in [-0.25, -0.2) is 13.2 Å². The maximum Gasteiger partial charge on any atom is 0.282 e. The molecule has 0 saturated carbocycles. The molecule has 0 aromatic heterocycles. The molecule has 9 heteroatoms. The molecule has 0 radical (unpaired) electrons. The first kappa shape index (κ1) is 20.9. The molecule has 0 bridgehead atoms. The minimum Gasteiger partial charge on any atom is -0.321 e. The number of amides is 2. The molecule has 2 atom stereocenters. The van der Waals surface area contributed by atoms with Gasteiger partial charge in [-0.2, -0.15) is 5.26 Å². The fraction of sp³-hybridized carbons (Fsp3) is 0.211. The zero-order valence-corrected chi connectivity index (χ0v) is 15.1. The molecule has 0 fully saturated rings. The predicted octanol–water partition coefficient (Wildman–Crippen LogP) is 1.46. The number of nitriles is 1. The SMILES string of the molecule is C[C@@H](C(=O)Nc1ccc(C#N)cc1)[NH+](C)CC(=O)Nc1ccc(F)c(F)c1F. The monoisotopic (exact) mass is 391 g/mol. The molecule has 0 aliphatic rings. The molecule has 146 valence electrons. The molecule has 28 heavy (non-hydrogen) atoms. The fourth-order valence-electron chi connectivity index (χ4n) is 2.33.